The van der Waals surface area contributed by atoms with Crippen molar-refractivity contribution in [2.75, 3.05) is 13.7 Å². The Morgan fingerprint density at radius 1 is 1.28 bits per heavy atom. The van der Waals surface area contributed by atoms with Crippen LogP contribution >= 0.6 is 11.3 Å². The Morgan fingerprint density at radius 2 is 2.08 bits per heavy atom. The second-order valence-corrected chi connectivity index (χ2v) is 6.04. The molecule has 0 fully saturated rings. The highest BCUT2D eigenvalue weighted by atomic mass is 32.1. The van der Waals surface area contributed by atoms with Crippen LogP contribution in [0, 0.1) is 0 Å². The van der Waals surface area contributed by atoms with E-state index in [1.807, 2.05) is 24.3 Å². The van der Waals surface area contributed by atoms with Gasteiger partial charge in [-0.25, -0.2) is 0 Å². The van der Waals surface area contributed by atoms with E-state index >= 15 is 0 Å². The topological polar surface area (TPSA) is 77.5 Å². The Bertz CT molecular complexity index is 696. The van der Waals surface area contributed by atoms with Gasteiger partial charge in [-0.1, -0.05) is 12.1 Å². The number of benzene rings is 1. The highest BCUT2D eigenvalue weighted by Crippen LogP contribution is 2.13. The predicted octanol–water partition coefficient (Wildman–Crippen LogP) is 2.80. The number of nitrogens with one attached hydrogen (secondary N) is 1. The molecule has 1 aromatic heterocycles. The fraction of sp³-hybridized carbons (Fsp3) is 0.278. The average Bonchev–Trinajstić information content (AvgIpc) is 3.16. The van der Waals surface area contributed by atoms with Gasteiger partial charge in [0.05, 0.1) is 19.2 Å². The Hall–Kier alpha value is -2.67. The second-order valence-electron chi connectivity index (χ2n) is 5.13. The Balaban J connectivity index is 1.69. The number of ether oxygens (including phenoxy) is 2. The summed E-state index contributed by atoms with van der Waals surface area (Å²) in [5, 5.41) is 2.82. The zero-order valence-electron chi connectivity index (χ0n) is 13.9. The van der Waals surface area contributed by atoms with Gasteiger partial charge >= 0.3 is 5.97 Å². The van der Waals surface area contributed by atoms with E-state index in [-0.39, 0.29) is 11.9 Å². The first-order chi connectivity index (χ1) is 12.2. The number of carbonyl (C=O) groups excluding carboxylic acids is 2. The molecule has 0 spiro atoms. The van der Waals surface area contributed by atoms with Crippen molar-refractivity contribution >= 4 is 29.3 Å². The lowest BCUT2D eigenvalue weighted by atomic mass is 10.2. The molecule has 1 amide bonds. The van der Waals surface area contributed by atoms with Gasteiger partial charge in [0, 0.05) is 30.1 Å². The van der Waals surface area contributed by atoms with Crippen LogP contribution in [0.5, 0.6) is 5.75 Å². The standard InChI is InChI=1S/C18H20N2O4S/c1-23-18(22)3-2-10-24-15-6-4-14(5-7-15)11-20-17(21)9-8-16-12-19-13-25-16/h4-9,12-13H,2-3,10-11H2,1H3,(H,20,21)/b9-8+. The van der Waals surface area contributed by atoms with Crippen LogP contribution in [0.1, 0.15) is 23.3 Å². The number of carbonyl (C=O) groups is 2. The van der Waals surface area contributed by atoms with Gasteiger partial charge in [0.2, 0.25) is 5.91 Å². The molecule has 0 aliphatic carbocycles. The molecule has 7 heteroatoms. The lowest BCUT2D eigenvalue weighted by Gasteiger charge is -2.07. The van der Waals surface area contributed by atoms with Crippen molar-refractivity contribution in [2.24, 2.45) is 0 Å². The fourth-order valence-electron chi connectivity index (χ4n) is 1.93. The summed E-state index contributed by atoms with van der Waals surface area (Å²) in [6.45, 7) is 0.891. The summed E-state index contributed by atoms with van der Waals surface area (Å²) in [6, 6.07) is 7.46. The minimum absolute atomic E-state index is 0.156. The number of hydrogen-bond donors (Lipinski definition) is 1. The van der Waals surface area contributed by atoms with Crippen LogP contribution < -0.4 is 10.1 Å². The van der Waals surface area contributed by atoms with Gasteiger partial charge < -0.3 is 14.8 Å². The number of hydrogen-bond acceptors (Lipinski definition) is 6. The minimum atomic E-state index is -0.237. The summed E-state index contributed by atoms with van der Waals surface area (Å²) in [4.78, 5) is 27.6. The molecule has 0 aliphatic rings. The lowest BCUT2D eigenvalue weighted by Crippen LogP contribution is -2.20. The van der Waals surface area contributed by atoms with E-state index in [0.29, 0.717) is 26.0 Å². The van der Waals surface area contributed by atoms with Crippen molar-refractivity contribution in [2.45, 2.75) is 19.4 Å². The van der Waals surface area contributed by atoms with Gasteiger partial charge in [-0.3, -0.25) is 14.6 Å². The molecule has 0 unspecified atom stereocenters. The molecule has 1 heterocycles. The van der Waals surface area contributed by atoms with Crippen LogP contribution in [0.3, 0.4) is 0 Å². The van der Waals surface area contributed by atoms with E-state index < -0.39 is 0 Å². The van der Waals surface area contributed by atoms with Crippen molar-refractivity contribution < 1.29 is 19.1 Å². The van der Waals surface area contributed by atoms with Crippen molar-refractivity contribution in [1.29, 1.82) is 0 Å². The van der Waals surface area contributed by atoms with E-state index in [2.05, 4.69) is 15.0 Å². The van der Waals surface area contributed by atoms with Gasteiger partial charge in [0.1, 0.15) is 5.75 Å². The number of methoxy groups -OCH3 is 1. The minimum Gasteiger partial charge on any atom is -0.494 e. The molecule has 0 bridgehead atoms. The number of amides is 1. The number of thiazole rings is 1. The average molecular weight is 360 g/mol. The molecule has 132 valence electrons. The van der Waals surface area contributed by atoms with Gasteiger partial charge in [0.25, 0.3) is 0 Å². The third-order valence-corrected chi connectivity index (χ3v) is 4.00. The Kier molecular flexibility index (Phi) is 7.65. The van der Waals surface area contributed by atoms with Gasteiger partial charge in [-0.2, -0.15) is 0 Å². The third-order valence-electron chi connectivity index (χ3n) is 3.26. The maximum Gasteiger partial charge on any atom is 0.305 e. The molecular weight excluding hydrogens is 340 g/mol. The van der Waals surface area contributed by atoms with E-state index in [1.165, 1.54) is 24.5 Å². The van der Waals surface area contributed by atoms with Crippen LogP contribution in [0.2, 0.25) is 0 Å². The van der Waals surface area contributed by atoms with Gasteiger partial charge in [-0.05, 0) is 30.2 Å². The molecule has 0 radical (unpaired) electrons. The molecule has 0 atom stereocenters. The van der Waals surface area contributed by atoms with Gasteiger partial charge in [-0.15, -0.1) is 11.3 Å². The maximum atomic E-state index is 11.8. The molecular formula is C18H20N2O4S. The highest BCUT2D eigenvalue weighted by Gasteiger charge is 2.01. The highest BCUT2D eigenvalue weighted by molar-refractivity contribution is 7.10. The normalized spacial score (nSPS) is 10.6. The van der Waals surface area contributed by atoms with E-state index in [4.69, 9.17) is 4.74 Å². The first kappa shape index (κ1) is 18.7. The molecule has 25 heavy (non-hydrogen) atoms. The smallest absolute Gasteiger partial charge is 0.305 e. The van der Waals surface area contributed by atoms with Gasteiger partial charge in [0.15, 0.2) is 0 Å². The van der Waals surface area contributed by atoms with Crippen molar-refractivity contribution in [3.05, 3.63) is 52.5 Å². The van der Waals surface area contributed by atoms with Crippen molar-refractivity contribution in [3.63, 3.8) is 0 Å². The second kappa shape index (κ2) is 10.2. The molecule has 0 aliphatic heterocycles. The first-order valence-electron chi connectivity index (χ1n) is 7.80. The summed E-state index contributed by atoms with van der Waals surface area (Å²) < 4.78 is 10.1. The predicted molar refractivity (Wildman–Crippen MR) is 96.2 cm³/mol. The van der Waals surface area contributed by atoms with Crippen LogP contribution in [0.15, 0.2) is 42.0 Å². The molecule has 1 aromatic carbocycles. The first-order valence-corrected chi connectivity index (χ1v) is 8.68. The van der Waals surface area contributed by atoms with Crippen LogP contribution in [-0.4, -0.2) is 30.6 Å². The Labute approximate surface area is 150 Å². The van der Waals surface area contributed by atoms with E-state index in [9.17, 15) is 9.59 Å². The van der Waals surface area contributed by atoms with Crippen LogP contribution in [0.4, 0.5) is 0 Å². The summed E-state index contributed by atoms with van der Waals surface area (Å²) >= 11 is 1.47. The zero-order chi connectivity index (χ0) is 17.9. The summed E-state index contributed by atoms with van der Waals surface area (Å²) in [5.74, 6) is 0.334. The number of nitrogens with zero attached hydrogens (tertiary/aromatic N) is 1. The third kappa shape index (κ3) is 7.17. The fourth-order valence-corrected chi connectivity index (χ4v) is 2.44. The number of esters is 1. The molecule has 2 aromatic rings. The maximum absolute atomic E-state index is 11.8. The molecule has 0 saturated heterocycles. The molecule has 2 rings (SSSR count). The summed E-state index contributed by atoms with van der Waals surface area (Å²) in [6.07, 6.45) is 5.88. The lowest BCUT2D eigenvalue weighted by molar-refractivity contribution is -0.140. The number of rotatable bonds is 9. The van der Waals surface area contributed by atoms with E-state index in [0.717, 1.165) is 16.2 Å². The van der Waals surface area contributed by atoms with Crippen LogP contribution in [0.25, 0.3) is 6.08 Å². The molecule has 1 N–H and O–H groups in total. The largest absolute Gasteiger partial charge is 0.494 e. The SMILES string of the molecule is COC(=O)CCCOc1ccc(CNC(=O)/C=C/c2cncs2)cc1. The summed E-state index contributed by atoms with van der Waals surface area (Å²) in [5.41, 5.74) is 2.69. The van der Waals surface area contributed by atoms with Crippen LogP contribution in [-0.2, 0) is 20.9 Å². The molecule has 0 saturated carbocycles. The Morgan fingerprint density at radius 3 is 2.76 bits per heavy atom. The monoisotopic (exact) mass is 360 g/mol. The zero-order valence-corrected chi connectivity index (χ0v) is 14.8. The van der Waals surface area contributed by atoms with Crippen molar-refractivity contribution in [3.8, 4) is 5.75 Å². The summed E-state index contributed by atoms with van der Waals surface area (Å²) in [7, 11) is 1.37. The van der Waals surface area contributed by atoms with Crippen molar-refractivity contribution in [1.82, 2.24) is 10.3 Å². The quantitative estimate of drug-likeness (QED) is 0.423. The van der Waals surface area contributed by atoms with E-state index in [1.54, 1.807) is 17.8 Å². The number of aromatic nitrogens is 1. The molecule has 6 nitrogen and oxygen atoms in total.